The number of nitrogens with zero attached hydrogens (tertiary/aromatic N) is 2. The number of piperidine rings is 1. The summed E-state index contributed by atoms with van der Waals surface area (Å²) in [5.74, 6) is 0.0594. The van der Waals surface area contributed by atoms with Gasteiger partial charge in [-0.3, -0.25) is 4.79 Å². The number of halogens is 2. The molecule has 1 saturated heterocycles. The summed E-state index contributed by atoms with van der Waals surface area (Å²) < 4.78 is 0. The quantitative estimate of drug-likeness (QED) is 0.575. The van der Waals surface area contributed by atoms with Crippen LogP contribution in [0.4, 0.5) is 11.4 Å². The summed E-state index contributed by atoms with van der Waals surface area (Å²) >= 11 is 12.0. The van der Waals surface area contributed by atoms with Crippen molar-refractivity contribution in [3.63, 3.8) is 0 Å². The highest BCUT2D eigenvalue weighted by molar-refractivity contribution is 6.35. The van der Waals surface area contributed by atoms with Gasteiger partial charge in [-0.1, -0.05) is 23.2 Å². The van der Waals surface area contributed by atoms with Crippen molar-refractivity contribution in [2.45, 2.75) is 18.9 Å². The van der Waals surface area contributed by atoms with Gasteiger partial charge >= 0.3 is 0 Å². The van der Waals surface area contributed by atoms with E-state index in [2.05, 4.69) is 20.6 Å². The predicted octanol–water partition coefficient (Wildman–Crippen LogP) is 4.38. The number of H-pyrrole nitrogens is 1. The topological polar surface area (TPSA) is 73.1 Å². The molecule has 3 N–H and O–H groups in total. The molecule has 8 heteroatoms. The zero-order valence-electron chi connectivity index (χ0n) is 15.2. The molecule has 3 aromatic rings. The minimum atomic E-state index is 0.0594. The van der Waals surface area contributed by atoms with Gasteiger partial charge < -0.3 is 20.5 Å². The molecule has 0 radical (unpaired) electrons. The average molecular weight is 418 g/mol. The van der Waals surface area contributed by atoms with Crippen LogP contribution in [0.5, 0.6) is 0 Å². The number of nitrogens with one attached hydrogen (secondary N) is 3. The number of hydrogen-bond acceptors (Lipinski definition) is 4. The molecular weight excluding hydrogens is 397 g/mol. The normalized spacial score (nSPS) is 16.9. The largest absolute Gasteiger partial charge is 0.380 e. The van der Waals surface area contributed by atoms with Gasteiger partial charge in [-0.05, 0) is 43.2 Å². The van der Waals surface area contributed by atoms with Crippen molar-refractivity contribution < 1.29 is 4.79 Å². The van der Waals surface area contributed by atoms with Crippen molar-refractivity contribution in [1.29, 1.82) is 0 Å². The first-order valence-electron chi connectivity index (χ1n) is 9.25. The van der Waals surface area contributed by atoms with Gasteiger partial charge in [0.1, 0.15) is 5.65 Å². The Hall–Kier alpha value is -2.44. The van der Waals surface area contributed by atoms with Crippen LogP contribution in [0.2, 0.25) is 10.0 Å². The Morgan fingerprint density at radius 1 is 1.25 bits per heavy atom. The highest BCUT2D eigenvalue weighted by Gasteiger charge is 2.24. The van der Waals surface area contributed by atoms with Crippen LogP contribution in [0.1, 0.15) is 12.8 Å². The molecule has 6 nitrogen and oxygen atoms in total. The Morgan fingerprint density at radius 2 is 2.07 bits per heavy atom. The van der Waals surface area contributed by atoms with Gasteiger partial charge in [0.2, 0.25) is 5.91 Å². The first-order chi connectivity index (χ1) is 13.6. The van der Waals surface area contributed by atoms with Crippen LogP contribution >= 0.6 is 23.2 Å². The second-order valence-electron chi connectivity index (χ2n) is 6.93. The standard InChI is InChI=1S/C20H21Cl2N5O/c21-13-8-14(22)10-16(9-13)25-11-19(28)27-7-1-2-15(12-27)26-18-4-6-24-20-17(18)3-5-23-20/h3-6,8-10,15,25H,1-2,7,11-12H2,(H2,23,24,26)/t15-/m0/s1. The lowest BCUT2D eigenvalue weighted by molar-refractivity contribution is -0.130. The van der Waals surface area contributed by atoms with Crippen LogP contribution in [0.15, 0.2) is 42.7 Å². The number of aromatic nitrogens is 2. The van der Waals surface area contributed by atoms with Crippen molar-refractivity contribution in [3.8, 4) is 0 Å². The Morgan fingerprint density at radius 3 is 2.89 bits per heavy atom. The van der Waals surface area contributed by atoms with Crippen LogP contribution in [0, 0.1) is 0 Å². The molecule has 0 spiro atoms. The summed E-state index contributed by atoms with van der Waals surface area (Å²) in [4.78, 5) is 22.0. The van der Waals surface area contributed by atoms with E-state index in [4.69, 9.17) is 23.2 Å². The van der Waals surface area contributed by atoms with Crippen molar-refractivity contribution in [2.75, 3.05) is 30.3 Å². The molecule has 1 aliphatic heterocycles. The third kappa shape index (κ3) is 4.34. The van der Waals surface area contributed by atoms with Gasteiger partial charge in [0.05, 0.1) is 6.54 Å². The number of carbonyl (C=O) groups excluding carboxylic acids is 1. The van der Waals surface area contributed by atoms with Gasteiger partial charge in [-0.25, -0.2) is 4.98 Å². The van der Waals surface area contributed by atoms with Crippen LogP contribution in [-0.2, 0) is 4.79 Å². The van der Waals surface area contributed by atoms with Gasteiger partial charge in [-0.15, -0.1) is 0 Å². The SMILES string of the molecule is O=C(CNc1cc(Cl)cc(Cl)c1)N1CCC[C@H](Nc2ccnc3[nH]ccc23)C1. The molecule has 2 aromatic heterocycles. The molecule has 0 bridgehead atoms. The molecule has 4 rings (SSSR count). The third-order valence-electron chi connectivity index (χ3n) is 4.90. The molecule has 1 aliphatic rings. The monoisotopic (exact) mass is 417 g/mol. The number of hydrogen-bond donors (Lipinski definition) is 3. The van der Waals surface area contributed by atoms with E-state index in [0.29, 0.717) is 16.6 Å². The van der Waals surface area contributed by atoms with E-state index in [1.165, 1.54) is 0 Å². The zero-order valence-corrected chi connectivity index (χ0v) is 16.7. The number of amides is 1. The average Bonchev–Trinajstić information content (AvgIpc) is 3.15. The van der Waals surface area contributed by atoms with Crippen molar-refractivity contribution in [3.05, 3.63) is 52.8 Å². The second-order valence-corrected chi connectivity index (χ2v) is 7.81. The first kappa shape index (κ1) is 18.9. The highest BCUT2D eigenvalue weighted by Crippen LogP contribution is 2.24. The number of likely N-dealkylation sites (tertiary alicyclic amines) is 1. The molecule has 146 valence electrons. The predicted molar refractivity (Wildman–Crippen MR) is 114 cm³/mol. The Kier molecular flexibility index (Phi) is 5.59. The molecule has 0 unspecified atom stereocenters. The number of benzene rings is 1. The van der Waals surface area contributed by atoms with E-state index in [0.717, 1.165) is 41.8 Å². The van der Waals surface area contributed by atoms with Crippen molar-refractivity contribution in [1.82, 2.24) is 14.9 Å². The maximum atomic E-state index is 12.7. The number of fused-ring (bicyclic) bond motifs is 1. The molecule has 28 heavy (non-hydrogen) atoms. The number of aromatic amines is 1. The minimum Gasteiger partial charge on any atom is -0.380 e. The molecule has 1 atom stereocenters. The molecule has 1 fully saturated rings. The van der Waals surface area contributed by atoms with Crippen molar-refractivity contribution >= 4 is 51.5 Å². The van der Waals surface area contributed by atoms with Gasteiger partial charge in [0.15, 0.2) is 0 Å². The summed E-state index contributed by atoms with van der Waals surface area (Å²) in [6.45, 7) is 1.65. The summed E-state index contributed by atoms with van der Waals surface area (Å²) in [5, 5.41) is 8.83. The summed E-state index contributed by atoms with van der Waals surface area (Å²) in [5.41, 5.74) is 2.64. The zero-order chi connectivity index (χ0) is 19.5. The van der Waals surface area contributed by atoms with Gasteiger partial charge in [-0.2, -0.15) is 0 Å². The van der Waals surface area contributed by atoms with Gasteiger partial charge in [0, 0.05) is 58.3 Å². The molecule has 0 aliphatic carbocycles. The molecule has 1 aromatic carbocycles. The maximum absolute atomic E-state index is 12.7. The summed E-state index contributed by atoms with van der Waals surface area (Å²) in [6.07, 6.45) is 5.66. The molecular formula is C20H21Cl2N5O. The van der Waals surface area contributed by atoms with Crippen LogP contribution in [0.25, 0.3) is 11.0 Å². The number of carbonyl (C=O) groups is 1. The van der Waals surface area contributed by atoms with Crippen LogP contribution in [-0.4, -0.2) is 46.5 Å². The lowest BCUT2D eigenvalue weighted by Gasteiger charge is -2.34. The van der Waals surface area contributed by atoms with E-state index in [1.807, 2.05) is 23.2 Å². The maximum Gasteiger partial charge on any atom is 0.241 e. The van der Waals surface area contributed by atoms with E-state index in [1.54, 1.807) is 24.4 Å². The summed E-state index contributed by atoms with van der Waals surface area (Å²) in [7, 11) is 0. The fraction of sp³-hybridized carbons (Fsp3) is 0.300. The molecule has 3 heterocycles. The third-order valence-corrected chi connectivity index (χ3v) is 5.34. The minimum absolute atomic E-state index is 0.0594. The fourth-order valence-electron chi connectivity index (χ4n) is 3.57. The van der Waals surface area contributed by atoms with E-state index in [9.17, 15) is 4.79 Å². The second kappa shape index (κ2) is 8.29. The molecule has 0 saturated carbocycles. The van der Waals surface area contributed by atoms with E-state index in [-0.39, 0.29) is 18.5 Å². The van der Waals surface area contributed by atoms with Crippen molar-refractivity contribution in [2.24, 2.45) is 0 Å². The lowest BCUT2D eigenvalue weighted by atomic mass is 10.0. The number of rotatable bonds is 5. The van der Waals surface area contributed by atoms with Crippen LogP contribution in [0.3, 0.4) is 0 Å². The summed E-state index contributed by atoms with van der Waals surface area (Å²) in [6, 6.07) is 9.37. The Labute approximate surface area is 173 Å². The highest BCUT2D eigenvalue weighted by atomic mass is 35.5. The van der Waals surface area contributed by atoms with Crippen LogP contribution < -0.4 is 10.6 Å². The number of anilines is 2. The molecule has 1 amide bonds. The smallest absolute Gasteiger partial charge is 0.241 e. The Balaban J connectivity index is 1.36. The lowest BCUT2D eigenvalue weighted by Crippen LogP contribution is -2.47. The van der Waals surface area contributed by atoms with E-state index >= 15 is 0 Å². The fourth-order valence-corrected chi connectivity index (χ4v) is 4.10. The Bertz CT molecular complexity index is 969. The van der Waals surface area contributed by atoms with Gasteiger partial charge in [0.25, 0.3) is 0 Å². The first-order valence-corrected chi connectivity index (χ1v) is 10.0. The van der Waals surface area contributed by atoms with E-state index < -0.39 is 0 Å². The number of pyridine rings is 1.